The zero-order valence-electron chi connectivity index (χ0n) is 17.0. The lowest BCUT2D eigenvalue weighted by Gasteiger charge is -2.35. The van der Waals surface area contributed by atoms with Crippen LogP contribution in [0.3, 0.4) is 0 Å². The highest BCUT2D eigenvalue weighted by Gasteiger charge is 2.33. The minimum atomic E-state index is -2.22. The molecule has 2 unspecified atom stereocenters. The van der Waals surface area contributed by atoms with Crippen molar-refractivity contribution >= 4 is 0 Å². The highest BCUT2D eigenvalue weighted by atomic mass is 19.3. The first kappa shape index (κ1) is 20.7. The second-order valence-corrected chi connectivity index (χ2v) is 8.85. The molecule has 2 fully saturated rings. The number of likely N-dealkylation sites (tertiary alicyclic amines) is 1. The molecule has 4 nitrogen and oxygen atoms in total. The van der Waals surface area contributed by atoms with Gasteiger partial charge in [0.2, 0.25) is 0 Å². The van der Waals surface area contributed by atoms with Gasteiger partial charge in [-0.15, -0.1) is 0 Å². The van der Waals surface area contributed by atoms with E-state index >= 15 is 0 Å². The Balaban J connectivity index is 1.47. The van der Waals surface area contributed by atoms with Gasteiger partial charge in [-0.3, -0.25) is 9.58 Å². The van der Waals surface area contributed by atoms with Crippen LogP contribution in [0.25, 0.3) is 0 Å². The van der Waals surface area contributed by atoms with Gasteiger partial charge in [0, 0.05) is 25.3 Å². The monoisotopic (exact) mass is 383 g/mol. The van der Waals surface area contributed by atoms with Gasteiger partial charge in [-0.25, -0.2) is 8.78 Å². The topological polar surface area (TPSA) is 30.3 Å². The van der Waals surface area contributed by atoms with Gasteiger partial charge < -0.3 is 4.74 Å². The quantitative estimate of drug-likeness (QED) is 0.666. The van der Waals surface area contributed by atoms with Gasteiger partial charge in [-0.2, -0.15) is 5.10 Å². The molecule has 2 aliphatic heterocycles. The first-order valence-electron chi connectivity index (χ1n) is 10.6. The van der Waals surface area contributed by atoms with Crippen LogP contribution in [0, 0.1) is 17.8 Å². The number of nitrogens with zero attached hydrogens (tertiary/aromatic N) is 3. The van der Waals surface area contributed by atoms with Crippen LogP contribution >= 0.6 is 0 Å². The molecular weight excluding hydrogens is 348 g/mol. The Hall–Kier alpha value is -1.01. The lowest BCUT2D eigenvalue weighted by Crippen LogP contribution is -2.39. The Morgan fingerprint density at radius 1 is 1.19 bits per heavy atom. The van der Waals surface area contributed by atoms with E-state index in [4.69, 9.17) is 4.74 Å². The standard InChI is InChI=1S/C21H35F2N3O/c1-15(2)19-11-24-26(13-19)12-18-6-9-27-20(18)10-16(3)17-4-7-25(8-5-17)14-21(22)23/h11,13,15-18,20-21H,4-10,12,14H2,1-3H3/t16?,18-,20?/m1/s1. The van der Waals surface area contributed by atoms with Crippen molar-refractivity contribution in [3.63, 3.8) is 0 Å². The van der Waals surface area contributed by atoms with E-state index in [1.54, 1.807) is 0 Å². The molecule has 2 aliphatic rings. The third kappa shape index (κ3) is 5.74. The summed E-state index contributed by atoms with van der Waals surface area (Å²) in [5.74, 6) is 2.23. The first-order valence-corrected chi connectivity index (χ1v) is 10.6. The third-order valence-corrected chi connectivity index (χ3v) is 6.53. The average Bonchev–Trinajstić information content (AvgIpc) is 3.25. The summed E-state index contributed by atoms with van der Waals surface area (Å²) in [6.45, 7) is 10.0. The number of ether oxygens (including phenoxy) is 1. The van der Waals surface area contributed by atoms with Crippen LogP contribution in [0.5, 0.6) is 0 Å². The number of aromatic nitrogens is 2. The molecule has 154 valence electrons. The second kappa shape index (κ2) is 9.46. The van der Waals surface area contributed by atoms with Gasteiger partial charge in [0.25, 0.3) is 6.43 Å². The van der Waals surface area contributed by atoms with Crippen molar-refractivity contribution in [3.8, 4) is 0 Å². The van der Waals surface area contributed by atoms with E-state index in [2.05, 4.69) is 36.7 Å². The summed E-state index contributed by atoms with van der Waals surface area (Å²) in [4.78, 5) is 1.91. The van der Waals surface area contributed by atoms with Crippen molar-refractivity contribution in [1.29, 1.82) is 0 Å². The predicted molar refractivity (Wildman–Crippen MR) is 103 cm³/mol. The molecule has 0 N–H and O–H groups in total. The van der Waals surface area contributed by atoms with Crippen molar-refractivity contribution in [3.05, 3.63) is 18.0 Å². The van der Waals surface area contributed by atoms with Crippen LogP contribution in [0.2, 0.25) is 0 Å². The second-order valence-electron chi connectivity index (χ2n) is 8.85. The molecule has 0 bridgehead atoms. The molecule has 3 heterocycles. The molecule has 6 heteroatoms. The number of hydrogen-bond donors (Lipinski definition) is 0. The maximum atomic E-state index is 12.5. The Kier molecular flexibility index (Phi) is 7.26. The highest BCUT2D eigenvalue weighted by molar-refractivity contribution is 5.08. The molecule has 0 spiro atoms. The molecule has 27 heavy (non-hydrogen) atoms. The molecular formula is C21H35F2N3O. The molecule has 0 aromatic carbocycles. The summed E-state index contributed by atoms with van der Waals surface area (Å²) in [7, 11) is 0. The van der Waals surface area contributed by atoms with Crippen molar-refractivity contribution < 1.29 is 13.5 Å². The molecule has 3 rings (SSSR count). The molecule has 1 aromatic rings. The smallest absolute Gasteiger partial charge is 0.251 e. The van der Waals surface area contributed by atoms with E-state index in [1.807, 2.05) is 11.1 Å². The number of rotatable bonds is 8. The van der Waals surface area contributed by atoms with E-state index in [-0.39, 0.29) is 6.54 Å². The Bertz CT molecular complexity index is 570. The lowest BCUT2D eigenvalue weighted by atomic mass is 9.80. The molecule has 0 aliphatic carbocycles. The fourth-order valence-corrected chi connectivity index (χ4v) is 4.64. The van der Waals surface area contributed by atoms with Crippen LogP contribution in [0.4, 0.5) is 8.78 Å². The lowest BCUT2D eigenvalue weighted by molar-refractivity contribution is 0.0373. The predicted octanol–water partition coefficient (Wildman–Crippen LogP) is 4.41. The molecule has 0 amide bonds. The van der Waals surface area contributed by atoms with Crippen molar-refractivity contribution in [2.45, 2.75) is 71.4 Å². The normalized spacial score (nSPS) is 26.3. The number of piperidine rings is 1. The summed E-state index contributed by atoms with van der Waals surface area (Å²) < 4.78 is 33.3. The van der Waals surface area contributed by atoms with Crippen LogP contribution in [-0.2, 0) is 11.3 Å². The van der Waals surface area contributed by atoms with E-state index in [0.29, 0.717) is 29.8 Å². The van der Waals surface area contributed by atoms with E-state index in [0.717, 1.165) is 51.9 Å². The zero-order chi connectivity index (χ0) is 19.4. The summed E-state index contributed by atoms with van der Waals surface area (Å²) >= 11 is 0. The average molecular weight is 384 g/mol. The van der Waals surface area contributed by atoms with Gasteiger partial charge in [0.15, 0.2) is 0 Å². The molecule has 0 saturated carbocycles. The minimum Gasteiger partial charge on any atom is -0.378 e. The van der Waals surface area contributed by atoms with Crippen LogP contribution in [0.1, 0.15) is 57.9 Å². The maximum Gasteiger partial charge on any atom is 0.251 e. The van der Waals surface area contributed by atoms with Crippen LogP contribution in [0.15, 0.2) is 12.4 Å². The van der Waals surface area contributed by atoms with Gasteiger partial charge in [0.05, 0.1) is 18.8 Å². The Labute approximate surface area is 162 Å². The van der Waals surface area contributed by atoms with Gasteiger partial charge in [-0.05, 0) is 62.1 Å². The largest absolute Gasteiger partial charge is 0.378 e. The summed E-state index contributed by atoms with van der Waals surface area (Å²) in [6.07, 6.45) is 6.46. The van der Waals surface area contributed by atoms with Crippen molar-refractivity contribution in [1.82, 2.24) is 14.7 Å². The van der Waals surface area contributed by atoms with E-state index in [1.165, 1.54) is 5.56 Å². The Morgan fingerprint density at radius 3 is 2.56 bits per heavy atom. The molecule has 0 radical (unpaired) electrons. The zero-order valence-corrected chi connectivity index (χ0v) is 17.0. The molecule has 2 saturated heterocycles. The fourth-order valence-electron chi connectivity index (χ4n) is 4.64. The summed E-state index contributed by atoms with van der Waals surface area (Å²) in [5.41, 5.74) is 1.29. The highest BCUT2D eigenvalue weighted by Crippen LogP contribution is 2.34. The summed E-state index contributed by atoms with van der Waals surface area (Å²) in [6, 6.07) is 0. The fraction of sp³-hybridized carbons (Fsp3) is 0.857. The van der Waals surface area contributed by atoms with Crippen LogP contribution in [-0.4, -0.2) is 53.5 Å². The number of halogens is 2. The van der Waals surface area contributed by atoms with Gasteiger partial charge in [0.1, 0.15) is 0 Å². The van der Waals surface area contributed by atoms with Crippen molar-refractivity contribution in [2.24, 2.45) is 17.8 Å². The number of hydrogen-bond acceptors (Lipinski definition) is 3. The maximum absolute atomic E-state index is 12.5. The molecule has 1 aromatic heterocycles. The van der Waals surface area contributed by atoms with E-state index < -0.39 is 6.43 Å². The summed E-state index contributed by atoms with van der Waals surface area (Å²) in [5, 5.41) is 4.53. The number of alkyl halides is 2. The van der Waals surface area contributed by atoms with Gasteiger partial charge in [-0.1, -0.05) is 20.8 Å². The third-order valence-electron chi connectivity index (χ3n) is 6.53. The van der Waals surface area contributed by atoms with Gasteiger partial charge >= 0.3 is 0 Å². The van der Waals surface area contributed by atoms with Crippen LogP contribution < -0.4 is 0 Å². The molecule has 3 atom stereocenters. The Morgan fingerprint density at radius 2 is 1.93 bits per heavy atom. The van der Waals surface area contributed by atoms with Crippen molar-refractivity contribution in [2.75, 3.05) is 26.2 Å². The van der Waals surface area contributed by atoms with E-state index in [9.17, 15) is 8.78 Å². The SMILES string of the molecule is CC(C)c1cnn(C[C@H]2CCOC2CC(C)C2CCN(CC(F)F)CC2)c1. The first-order chi connectivity index (χ1) is 12.9. The minimum absolute atomic E-state index is 0.0723.